The van der Waals surface area contributed by atoms with E-state index in [9.17, 15) is 19.7 Å². The Hall–Kier alpha value is -3.82. The number of carbonyl (C=O) groups excluding carboxylic acids is 2. The summed E-state index contributed by atoms with van der Waals surface area (Å²) in [5.41, 5.74) is 4.53. The average molecular weight is 389 g/mol. The molecule has 148 valence electrons. The molecule has 10 heteroatoms. The Balaban J connectivity index is 1.87. The van der Waals surface area contributed by atoms with Crippen LogP contribution in [0, 0.1) is 10.1 Å². The Morgan fingerprint density at radius 2 is 1.86 bits per heavy atom. The first-order valence-electron chi connectivity index (χ1n) is 8.22. The molecule has 0 saturated heterocycles. The molecular weight excluding hydrogens is 370 g/mol. The normalized spacial score (nSPS) is 9.93. The first-order chi connectivity index (χ1) is 13.4. The Bertz CT molecular complexity index is 870. The van der Waals surface area contributed by atoms with Crippen LogP contribution in [0.1, 0.15) is 17.3 Å². The third kappa shape index (κ3) is 5.59. The summed E-state index contributed by atoms with van der Waals surface area (Å²) >= 11 is 0. The average Bonchev–Trinajstić information content (AvgIpc) is 2.71. The number of nitrogens with one attached hydrogen (secondary N) is 2. The Labute approximate surface area is 160 Å². The molecule has 0 spiro atoms. The van der Waals surface area contributed by atoms with Crippen molar-refractivity contribution in [2.45, 2.75) is 6.92 Å². The quantitative estimate of drug-likeness (QED) is 0.520. The SMILES string of the molecule is CCOc1ccc(C(=O)NNC(=O)COc2cccc([N+](=O)[O-])c2)cc1OC. The van der Waals surface area contributed by atoms with Crippen molar-refractivity contribution in [1.82, 2.24) is 10.9 Å². The van der Waals surface area contributed by atoms with Crippen LogP contribution in [0.3, 0.4) is 0 Å². The van der Waals surface area contributed by atoms with E-state index in [1.807, 2.05) is 6.92 Å². The smallest absolute Gasteiger partial charge is 0.276 e. The number of amides is 2. The molecule has 0 radical (unpaired) electrons. The van der Waals surface area contributed by atoms with Crippen LogP contribution in [0.25, 0.3) is 0 Å². The lowest BCUT2D eigenvalue weighted by Gasteiger charge is -2.12. The van der Waals surface area contributed by atoms with Crippen molar-refractivity contribution in [3.63, 3.8) is 0 Å². The number of non-ortho nitro benzene ring substituents is 1. The summed E-state index contributed by atoms with van der Waals surface area (Å²) in [7, 11) is 1.45. The van der Waals surface area contributed by atoms with Gasteiger partial charge in [0.05, 0.1) is 24.7 Å². The minimum Gasteiger partial charge on any atom is -0.493 e. The fraction of sp³-hybridized carbons (Fsp3) is 0.222. The molecular formula is C18H19N3O7. The van der Waals surface area contributed by atoms with Crippen LogP contribution in [-0.4, -0.2) is 37.1 Å². The second-order valence-electron chi connectivity index (χ2n) is 5.34. The van der Waals surface area contributed by atoms with Gasteiger partial charge >= 0.3 is 0 Å². The summed E-state index contributed by atoms with van der Waals surface area (Å²) in [6.07, 6.45) is 0. The highest BCUT2D eigenvalue weighted by Crippen LogP contribution is 2.27. The third-order valence-corrected chi connectivity index (χ3v) is 3.44. The van der Waals surface area contributed by atoms with Crippen LogP contribution in [-0.2, 0) is 4.79 Å². The summed E-state index contributed by atoms with van der Waals surface area (Å²) in [4.78, 5) is 34.1. The van der Waals surface area contributed by atoms with Crippen LogP contribution in [0.2, 0.25) is 0 Å². The molecule has 2 rings (SSSR count). The maximum Gasteiger partial charge on any atom is 0.276 e. The Kier molecular flexibility index (Phi) is 7.14. The van der Waals surface area contributed by atoms with Gasteiger partial charge in [0.2, 0.25) is 0 Å². The molecule has 28 heavy (non-hydrogen) atoms. The fourth-order valence-electron chi connectivity index (χ4n) is 2.15. The predicted octanol–water partition coefficient (Wildman–Crippen LogP) is 1.84. The predicted molar refractivity (Wildman–Crippen MR) is 98.4 cm³/mol. The molecule has 0 bridgehead atoms. The number of methoxy groups -OCH3 is 1. The zero-order valence-electron chi connectivity index (χ0n) is 15.3. The van der Waals surface area contributed by atoms with Gasteiger partial charge in [0.1, 0.15) is 5.75 Å². The van der Waals surface area contributed by atoms with Crippen molar-refractivity contribution < 1.29 is 28.7 Å². The molecule has 0 fully saturated rings. The number of hydrogen-bond donors (Lipinski definition) is 2. The van der Waals surface area contributed by atoms with Gasteiger partial charge in [-0.3, -0.25) is 30.6 Å². The van der Waals surface area contributed by atoms with Gasteiger partial charge in [0.15, 0.2) is 18.1 Å². The van der Waals surface area contributed by atoms with Crippen LogP contribution in [0.15, 0.2) is 42.5 Å². The van der Waals surface area contributed by atoms with E-state index in [1.165, 1.54) is 43.5 Å². The molecule has 0 atom stereocenters. The summed E-state index contributed by atoms with van der Waals surface area (Å²) in [6.45, 7) is 1.84. The van der Waals surface area contributed by atoms with Crippen molar-refractivity contribution in [1.29, 1.82) is 0 Å². The molecule has 2 aromatic carbocycles. The molecule has 10 nitrogen and oxygen atoms in total. The van der Waals surface area contributed by atoms with Gasteiger partial charge in [-0.05, 0) is 31.2 Å². The van der Waals surface area contributed by atoms with E-state index < -0.39 is 23.3 Å². The maximum absolute atomic E-state index is 12.1. The van der Waals surface area contributed by atoms with Gasteiger partial charge < -0.3 is 14.2 Å². The molecule has 0 aromatic heterocycles. The zero-order chi connectivity index (χ0) is 20.5. The van der Waals surface area contributed by atoms with E-state index in [0.717, 1.165) is 0 Å². The van der Waals surface area contributed by atoms with Crippen molar-refractivity contribution in [3.8, 4) is 17.2 Å². The molecule has 0 heterocycles. The van der Waals surface area contributed by atoms with E-state index >= 15 is 0 Å². The van der Waals surface area contributed by atoms with Gasteiger partial charge in [0, 0.05) is 11.6 Å². The lowest BCUT2D eigenvalue weighted by Crippen LogP contribution is -2.43. The van der Waals surface area contributed by atoms with E-state index in [1.54, 1.807) is 6.07 Å². The summed E-state index contributed by atoms with van der Waals surface area (Å²) < 4.78 is 15.7. The minimum absolute atomic E-state index is 0.157. The number of hydrogen-bond acceptors (Lipinski definition) is 7. The van der Waals surface area contributed by atoms with Gasteiger partial charge in [-0.15, -0.1) is 0 Å². The first kappa shape index (κ1) is 20.5. The van der Waals surface area contributed by atoms with Crippen LogP contribution >= 0.6 is 0 Å². The third-order valence-electron chi connectivity index (χ3n) is 3.44. The molecule has 0 unspecified atom stereocenters. The summed E-state index contributed by atoms with van der Waals surface area (Å²) in [6, 6.07) is 10.00. The monoisotopic (exact) mass is 389 g/mol. The molecule has 2 amide bonds. The van der Waals surface area contributed by atoms with Crippen LogP contribution < -0.4 is 25.1 Å². The Morgan fingerprint density at radius 3 is 2.54 bits per heavy atom. The van der Waals surface area contributed by atoms with E-state index in [2.05, 4.69) is 10.9 Å². The summed E-state index contributed by atoms with van der Waals surface area (Å²) in [5, 5.41) is 10.7. The van der Waals surface area contributed by atoms with E-state index in [0.29, 0.717) is 18.1 Å². The Morgan fingerprint density at radius 1 is 1.07 bits per heavy atom. The molecule has 2 N–H and O–H groups in total. The van der Waals surface area contributed by atoms with Crippen molar-refractivity contribution in [3.05, 3.63) is 58.1 Å². The molecule has 0 aliphatic heterocycles. The van der Waals surface area contributed by atoms with Crippen LogP contribution in [0.4, 0.5) is 5.69 Å². The number of rotatable bonds is 8. The lowest BCUT2D eigenvalue weighted by atomic mass is 10.2. The number of hydrazine groups is 1. The molecule has 0 aliphatic carbocycles. The van der Waals surface area contributed by atoms with Crippen LogP contribution in [0.5, 0.6) is 17.2 Å². The number of benzene rings is 2. The number of nitrogens with zero attached hydrogens (tertiary/aromatic N) is 1. The molecule has 0 aliphatic rings. The molecule has 0 saturated carbocycles. The summed E-state index contributed by atoms with van der Waals surface area (Å²) in [5.74, 6) is -0.166. The van der Waals surface area contributed by atoms with E-state index in [-0.39, 0.29) is 17.0 Å². The number of carbonyl (C=O) groups is 2. The first-order valence-corrected chi connectivity index (χ1v) is 8.22. The number of nitro benzene ring substituents is 1. The van der Waals surface area contributed by atoms with Gasteiger partial charge in [-0.1, -0.05) is 6.07 Å². The number of ether oxygens (including phenoxy) is 3. The van der Waals surface area contributed by atoms with E-state index in [4.69, 9.17) is 14.2 Å². The van der Waals surface area contributed by atoms with Crippen molar-refractivity contribution in [2.24, 2.45) is 0 Å². The topological polar surface area (TPSA) is 129 Å². The highest BCUT2D eigenvalue weighted by atomic mass is 16.6. The fourth-order valence-corrected chi connectivity index (χ4v) is 2.15. The highest BCUT2D eigenvalue weighted by molar-refractivity contribution is 5.96. The number of nitro groups is 1. The van der Waals surface area contributed by atoms with Crippen molar-refractivity contribution in [2.75, 3.05) is 20.3 Å². The second kappa shape index (κ2) is 9.76. The minimum atomic E-state index is -0.641. The lowest BCUT2D eigenvalue weighted by molar-refractivity contribution is -0.384. The maximum atomic E-state index is 12.1. The second-order valence-corrected chi connectivity index (χ2v) is 5.34. The van der Waals surface area contributed by atoms with Gasteiger partial charge in [-0.25, -0.2) is 0 Å². The van der Waals surface area contributed by atoms with Gasteiger partial charge in [-0.2, -0.15) is 0 Å². The van der Waals surface area contributed by atoms with Crippen molar-refractivity contribution >= 4 is 17.5 Å². The zero-order valence-corrected chi connectivity index (χ0v) is 15.3. The highest BCUT2D eigenvalue weighted by Gasteiger charge is 2.13. The largest absolute Gasteiger partial charge is 0.493 e. The molecule has 2 aromatic rings. The standard InChI is InChI=1S/C18H19N3O7/c1-3-27-15-8-7-12(9-16(15)26-2)18(23)20-19-17(22)11-28-14-6-4-5-13(10-14)21(24)25/h4-10H,3,11H2,1-2H3,(H,19,22)(H,20,23). The van der Waals surface area contributed by atoms with Gasteiger partial charge in [0.25, 0.3) is 17.5 Å².